The lowest BCUT2D eigenvalue weighted by molar-refractivity contribution is -0.144. The average molecular weight is 357 g/mol. The molecule has 1 atom stereocenters. The highest BCUT2D eigenvalue weighted by molar-refractivity contribution is 9.10. The van der Waals surface area contributed by atoms with E-state index in [0.29, 0.717) is 11.6 Å². The minimum absolute atomic E-state index is 0.157. The van der Waals surface area contributed by atoms with Crippen molar-refractivity contribution >= 4 is 44.8 Å². The second kappa shape index (κ2) is 6.54. The monoisotopic (exact) mass is 356 g/mol. The predicted octanol–water partition coefficient (Wildman–Crippen LogP) is 2.62. The number of carbonyl (C=O) groups excluding carboxylic acids is 1. The molecule has 0 radical (unpaired) electrons. The largest absolute Gasteiger partial charge is 0.464 e. The van der Waals surface area contributed by atoms with E-state index in [1.54, 1.807) is 0 Å². The minimum atomic E-state index is -0.207. The van der Waals surface area contributed by atoms with Gasteiger partial charge in [-0.25, -0.2) is 4.79 Å². The molecule has 1 saturated heterocycles. The van der Waals surface area contributed by atoms with E-state index in [-0.39, 0.29) is 12.0 Å². The summed E-state index contributed by atoms with van der Waals surface area (Å²) in [5.74, 6) is -0.157. The Labute approximate surface area is 132 Å². The molecule has 2 rings (SSSR count). The summed E-state index contributed by atoms with van der Waals surface area (Å²) in [6.07, 6.45) is 1.80. The molecule has 2 N–H and O–H groups in total. The summed E-state index contributed by atoms with van der Waals surface area (Å²) < 4.78 is 6.03. The van der Waals surface area contributed by atoms with Crippen LogP contribution in [0.15, 0.2) is 22.7 Å². The van der Waals surface area contributed by atoms with E-state index < -0.39 is 0 Å². The van der Waals surface area contributed by atoms with Crippen LogP contribution in [0.5, 0.6) is 0 Å². The number of rotatable bonds is 4. The third-order valence-electron chi connectivity index (χ3n) is 3.35. The summed E-state index contributed by atoms with van der Waals surface area (Å²) in [6.45, 7) is 3.07. The van der Waals surface area contributed by atoms with E-state index in [4.69, 9.17) is 22.7 Å². The van der Waals surface area contributed by atoms with Crippen molar-refractivity contribution in [3.63, 3.8) is 0 Å². The van der Waals surface area contributed by atoms with Gasteiger partial charge in [0.05, 0.1) is 12.3 Å². The summed E-state index contributed by atoms with van der Waals surface area (Å²) >= 11 is 8.50. The molecule has 0 bridgehead atoms. The van der Waals surface area contributed by atoms with Gasteiger partial charge in [-0.3, -0.25) is 0 Å². The lowest BCUT2D eigenvalue weighted by atomic mass is 10.1. The van der Waals surface area contributed by atoms with Gasteiger partial charge in [0.25, 0.3) is 0 Å². The first-order valence-corrected chi connectivity index (χ1v) is 7.77. The summed E-state index contributed by atoms with van der Waals surface area (Å²) in [5.41, 5.74) is 7.40. The van der Waals surface area contributed by atoms with Crippen molar-refractivity contribution < 1.29 is 9.53 Å². The van der Waals surface area contributed by atoms with Crippen LogP contribution in [-0.4, -0.2) is 30.2 Å². The van der Waals surface area contributed by atoms with Crippen molar-refractivity contribution in [2.24, 2.45) is 5.73 Å². The number of esters is 1. The molecule has 1 aromatic carbocycles. The van der Waals surface area contributed by atoms with Crippen molar-refractivity contribution in [2.45, 2.75) is 25.8 Å². The molecule has 1 heterocycles. The zero-order valence-corrected chi connectivity index (χ0v) is 13.7. The standard InChI is InChI=1S/C14H17BrN2O2S/c1-2-19-14(18)12-4-3-7-17(12)11-6-5-9(13(16)20)8-10(11)15/h5-6,8,12H,2-4,7H2,1H3,(H2,16,20). The van der Waals surface area contributed by atoms with Gasteiger partial charge < -0.3 is 15.4 Å². The summed E-state index contributed by atoms with van der Waals surface area (Å²) in [6, 6.07) is 5.50. The third-order valence-corrected chi connectivity index (χ3v) is 4.22. The molecule has 20 heavy (non-hydrogen) atoms. The molecule has 108 valence electrons. The third kappa shape index (κ3) is 3.12. The zero-order valence-electron chi connectivity index (χ0n) is 11.3. The van der Waals surface area contributed by atoms with E-state index >= 15 is 0 Å². The summed E-state index contributed by atoms with van der Waals surface area (Å²) in [7, 11) is 0. The van der Waals surface area contributed by atoms with Crippen molar-refractivity contribution in [1.29, 1.82) is 0 Å². The number of benzene rings is 1. The molecule has 1 unspecified atom stereocenters. The number of nitrogens with zero attached hydrogens (tertiary/aromatic N) is 1. The Morgan fingerprint density at radius 2 is 2.35 bits per heavy atom. The van der Waals surface area contributed by atoms with Gasteiger partial charge in [-0.1, -0.05) is 12.2 Å². The van der Waals surface area contributed by atoms with Crippen LogP contribution in [0.25, 0.3) is 0 Å². The van der Waals surface area contributed by atoms with Gasteiger partial charge in [0.1, 0.15) is 11.0 Å². The fraction of sp³-hybridized carbons (Fsp3) is 0.429. The molecule has 1 aromatic rings. The second-order valence-corrected chi connectivity index (χ2v) is 5.93. The molecule has 0 aliphatic carbocycles. The number of thiocarbonyl (C=S) groups is 1. The highest BCUT2D eigenvalue weighted by Gasteiger charge is 2.32. The number of hydrogen-bond acceptors (Lipinski definition) is 4. The molecule has 0 saturated carbocycles. The molecule has 0 amide bonds. The van der Waals surface area contributed by atoms with Gasteiger partial charge in [0.15, 0.2) is 0 Å². The van der Waals surface area contributed by atoms with Crippen molar-refractivity contribution in [2.75, 3.05) is 18.1 Å². The van der Waals surface area contributed by atoms with Gasteiger partial charge in [0.2, 0.25) is 0 Å². The SMILES string of the molecule is CCOC(=O)C1CCCN1c1ccc(C(N)=S)cc1Br. The van der Waals surface area contributed by atoms with E-state index in [9.17, 15) is 4.79 Å². The van der Waals surface area contributed by atoms with Crippen LogP contribution in [0.1, 0.15) is 25.3 Å². The van der Waals surface area contributed by atoms with Crippen LogP contribution in [0.2, 0.25) is 0 Å². The summed E-state index contributed by atoms with van der Waals surface area (Å²) in [4.78, 5) is 14.4. The molecule has 0 aromatic heterocycles. The molecule has 1 fully saturated rings. The van der Waals surface area contributed by atoms with Crippen LogP contribution < -0.4 is 10.6 Å². The lowest BCUT2D eigenvalue weighted by Gasteiger charge is -2.26. The Kier molecular flexibility index (Phi) is 4.99. The fourth-order valence-electron chi connectivity index (χ4n) is 2.43. The van der Waals surface area contributed by atoms with Crippen molar-refractivity contribution in [1.82, 2.24) is 0 Å². The second-order valence-electron chi connectivity index (χ2n) is 4.63. The molecule has 0 spiro atoms. The van der Waals surface area contributed by atoms with Gasteiger partial charge in [-0.2, -0.15) is 0 Å². The maximum atomic E-state index is 12.0. The number of hydrogen-bond donors (Lipinski definition) is 1. The average Bonchev–Trinajstić information content (AvgIpc) is 2.87. The quantitative estimate of drug-likeness (QED) is 0.663. The minimum Gasteiger partial charge on any atom is -0.464 e. The van der Waals surface area contributed by atoms with Crippen LogP contribution in [0, 0.1) is 0 Å². The van der Waals surface area contributed by atoms with Gasteiger partial charge in [-0.05, 0) is 53.9 Å². The van der Waals surface area contributed by atoms with Crippen LogP contribution in [0.3, 0.4) is 0 Å². The molecule has 1 aliphatic rings. The normalized spacial score (nSPS) is 18.1. The molecular weight excluding hydrogens is 340 g/mol. The Hall–Kier alpha value is -1.14. The first kappa shape index (κ1) is 15.3. The number of anilines is 1. The fourth-order valence-corrected chi connectivity index (χ4v) is 3.17. The zero-order chi connectivity index (χ0) is 14.7. The maximum absolute atomic E-state index is 12.0. The Morgan fingerprint density at radius 1 is 1.60 bits per heavy atom. The van der Waals surface area contributed by atoms with Crippen molar-refractivity contribution in [3.8, 4) is 0 Å². The molecule has 4 nitrogen and oxygen atoms in total. The predicted molar refractivity (Wildman–Crippen MR) is 87.0 cm³/mol. The van der Waals surface area contributed by atoms with Crippen LogP contribution in [0.4, 0.5) is 5.69 Å². The summed E-state index contributed by atoms with van der Waals surface area (Å²) in [5, 5.41) is 0. The van der Waals surface area contributed by atoms with Crippen molar-refractivity contribution in [3.05, 3.63) is 28.2 Å². The maximum Gasteiger partial charge on any atom is 0.328 e. The highest BCUT2D eigenvalue weighted by atomic mass is 79.9. The van der Waals surface area contributed by atoms with Gasteiger partial charge >= 0.3 is 5.97 Å². The Bertz CT molecular complexity index is 536. The molecule has 6 heteroatoms. The highest BCUT2D eigenvalue weighted by Crippen LogP contribution is 2.33. The topological polar surface area (TPSA) is 55.6 Å². The molecular formula is C14H17BrN2O2S. The van der Waals surface area contributed by atoms with Gasteiger partial charge in [-0.15, -0.1) is 0 Å². The van der Waals surface area contributed by atoms with E-state index in [1.807, 2.05) is 25.1 Å². The van der Waals surface area contributed by atoms with Gasteiger partial charge in [0, 0.05) is 16.6 Å². The van der Waals surface area contributed by atoms with E-state index in [2.05, 4.69) is 20.8 Å². The Morgan fingerprint density at radius 3 is 2.95 bits per heavy atom. The first-order valence-electron chi connectivity index (χ1n) is 6.57. The van der Waals surface area contributed by atoms with E-state index in [0.717, 1.165) is 35.1 Å². The smallest absolute Gasteiger partial charge is 0.328 e. The number of carbonyl (C=O) groups is 1. The lowest BCUT2D eigenvalue weighted by Crippen LogP contribution is -2.37. The first-order chi connectivity index (χ1) is 9.54. The number of ether oxygens (including phenoxy) is 1. The Balaban J connectivity index is 2.26. The van der Waals surface area contributed by atoms with E-state index in [1.165, 1.54) is 0 Å². The molecule has 1 aliphatic heterocycles. The number of halogens is 1. The van der Waals surface area contributed by atoms with Crippen LogP contribution in [-0.2, 0) is 9.53 Å². The van der Waals surface area contributed by atoms with Crippen LogP contribution >= 0.6 is 28.1 Å². The number of nitrogens with two attached hydrogens (primary N) is 1.